The Labute approximate surface area is 111 Å². The third kappa shape index (κ3) is 2.70. The number of nitrogens with one attached hydrogen (secondary N) is 2. The van der Waals surface area contributed by atoms with Crippen LogP contribution in [-0.2, 0) is 4.79 Å². The Bertz CT molecular complexity index is 549. The highest BCUT2D eigenvalue weighted by atomic mass is 16.5. The van der Waals surface area contributed by atoms with Gasteiger partial charge in [-0.25, -0.2) is 0 Å². The van der Waals surface area contributed by atoms with Crippen molar-refractivity contribution in [1.82, 2.24) is 5.32 Å². The molecule has 1 aromatic rings. The molecule has 0 atom stereocenters. The van der Waals surface area contributed by atoms with Crippen LogP contribution in [0.2, 0.25) is 0 Å². The van der Waals surface area contributed by atoms with E-state index in [-0.39, 0.29) is 17.2 Å². The van der Waals surface area contributed by atoms with Crippen molar-refractivity contribution in [3.05, 3.63) is 47.9 Å². The van der Waals surface area contributed by atoms with Crippen LogP contribution in [0.15, 0.2) is 47.9 Å². The van der Waals surface area contributed by atoms with Gasteiger partial charge in [0.15, 0.2) is 0 Å². The molecular weight excluding hydrogens is 244 g/mol. The second-order valence-electron chi connectivity index (χ2n) is 4.13. The summed E-state index contributed by atoms with van der Waals surface area (Å²) in [6.45, 7) is 4.25. The summed E-state index contributed by atoms with van der Waals surface area (Å²) in [6, 6.07) is 7.29. The number of ether oxygens (including phenoxy) is 1. The molecule has 1 heterocycles. The first kappa shape index (κ1) is 13.0. The number of hydrogen-bond donors (Lipinski definition) is 3. The monoisotopic (exact) mass is 260 g/mol. The van der Waals surface area contributed by atoms with Crippen LogP contribution >= 0.6 is 0 Å². The first-order valence-corrected chi connectivity index (χ1v) is 5.93. The van der Waals surface area contributed by atoms with Crippen molar-refractivity contribution in [2.45, 2.75) is 6.42 Å². The highest BCUT2D eigenvalue weighted by Crippen LogP contribution is 2.27. The second-order valence-corrected chi connectivity index (χ2v) is 4.13. The van der Waals surface area contributed by atoms with Gasteiger partial charge < -0.3 is 20.5 Å². The number of methoxy groups -OCH3 is 1. The quantitative estimate of drug-likeness (QED) is 0.774. The van der Waals surface area contributed by atoms with Gasteiger partial charge in [0.05, 0.1) is 18.4 Å². The fraction of sp³-hybridized carbons (Fsp3) is 0.214. The van der Waals surface area contributed by atoms with E-state index in [0.29, 0.717) is 30.1 Å². The molecule has 3 N–H and O–H groups in total. The summed E-state index contributed by atoms with van der Waals surface area (Å²) < 4.78 is 5.20. The average molecular weight is 260 g/mol. The standard InChI is InChI=1S/C14H16N2O3/c1-9(13-11(17)7-8-15-14(13)18)16-10-5-3-4-6-12(10)19-2/h3-6,16-17H,1,7-8H2,2H3,(H,15,18). The van der Waals surface area contributed by atoms with Crippen LogP contribution in [0.3, 0.4) is 0 Å². The number of anilines is 1. The smallest absolute Gasteiger partial charge is 0.256 e. The van der Waals surface area contributed by atoms with E-state index in [2.05, 4.69) is 17.2 Å². The molecule has 1 aromatic carbocycles. The zero-order valence-electron chi connectivity index (χ0n) is 10.7. The number of aliphatic hydroxyl groups is 1. The highest BCUT2D eigenvalue weighted by Gasteiger charge is 2.22. The van der Waals surface area contributed by atoms with Crippen molar-refractivity contribution in [3.8, 4) is 5.75 Å². The number of carbonyl (C=O) groups excluding carboxylic acids is 1. The van der Waals surface area contributed by atoms with E-state index in [4.69, 9.17) is 4.74 Å². The number of para-hydroxylation sites is 2. The van der Waals surface area contributed by atoms with Gasteiger partial charge in [0.25, 0.3) is 5.91 Å². The summed E-state index contributed by atoms with van der Waals surface area (Å²) >= 11 is 0. The molecular formula is C14H16N2O3. The maximum atomic E-state index is 11.7. The van der Waals surface area contributed by atoms with E-state index < -0.39 is 0 Å². The van der Waals surface area contributed by atoms with Crippen molar-refractivity contribution in [1.29, 1.82) is 0 Å². The molecule has 0 aromatic heterocycles. The topological polar surface area (TPSA) is 70.6 Å². The van der Waals surface area contributed by atoms with Crippen LogP contribution < -0.4 is 15.4 Å². The molecule has 5 heteroatoms. The Morgan fingerprint density at radius 3 is 2.89 bits per heavy atom. The molecule has 1 amide bonds. The van der Waals surface area contributed by atoms with Gasteiger partial charge in [0, 0.05) is 18.7 Å². The summed E-state index contributed by atoms with van der Waals surface area (Å²) in [4.78, 5) is 11.7. The van der Waals surface area contributed by atoms with Gasteiger partial charge in [-0.05, 0) is 12.1 Å². The molecule has 19 heavy (non-hydrogen) atoms. The van der Waals surface area contributed by atoms with Crippen LogP contribution in [0.1, 0.15) is 6.42 Å². The molecule has 0 saturated heterocycles. The van der Waals surface area contributed by atoms with Crippen LogP contribution in [0.4, 0.5) is 5.69 Å². The van der Waals surface area contributed by atoms with Gasteiger partial charge in [-0.3, -0.25) is 4.79 Å². The number of amides is 1. The second kappa shape index (κ2) is 5.48. The number of carbonyl (C=O) groups is 1. The lowest BCUT2D eigenvalue weighted by Gasteiger charge is -2.20. The first-order valence-electron chi connectivity index (χ1n) is 5.93. The van der Waals surface area contributed by atoms with E-state index in [1.165, 1.54) is 0 Å². The highest BCUT2D eigenvalue weighted by molar-refractivity contribution is 5.99. The maximum absolute atomic E-state index is 11.7. The minimum Gasteiger partial charge on any atom is -0.511 e. The molecule has 0 aliphatic carbocycles. The molecule has 5 nitrogen and oxygen atoms in total. The number of rotatable bonds is 4. The zero-order valence-corrected chi connectivity index (χ0v) is 10.7. The first-order chi connectivity index (χ1) is 9.13. The fourth-order valence-electron chi connectivity index (χ4n) is 1.92. The average Bonchev–Trinajstić information content (AvgIpc) is 2.39. The Morgan fingerprint density at radius 2 is 2.21 bits per heavy atom. The van der Waals surface area contributed by atoms with Crippen LogP contribution in [0.25, 0.3) is 0 Å². The molecule has 0 fully saturated rings. The van der Waals surface area contributed by atoms with Crippen molar-refractivity contribution in [2.75, 3.05) is 19.0 Å². The Kier molecular flexibility index (Phi) is 3.75. The van der Waals surface area contributed by atoms with Crippen LogP contribution in [0.5, 0.6) is 5.75 Å². The number of benzene rings is 1. The summed E-state index contributed by atoms with van der Waals surface area (Å²) in [7, 11) is 1.56. The SMILES string of the molecule is C=C(Nc1ccccc1OC)C1=C(O)CCNC1=O. The molecule has 2 rings (SSSR count). The third-order valence-corrected chi connectivity index (χ3v) is 2.86. The molecule has 0 radical (unpaired) electrons. The summed E-state index contributed by atoms with van der Waals surface area (Å²) in [5, 5.41) is 15.5. The minimum atomic E-state index is -0.323. The number of hydrogen-bond acceptors (Lipinski definition) is 4. The Morgan fingerprint density at radius 1 is 1.47 bits per heavy atom. The van der Waals surface area contributed by atoms with E-state index in [1.807, 2.05) is 18.2 Å². The van der Waals surface area contributed by atoms with E-state index >= 15 is 0 Å². The van der Waals surface area contributed by atoms with Crippen molar-refractivity contribution in [2.24, 2.45) is 0 Å². The molecule has 0 bridgehead atoms. The van der Waals surface area contributed by atoms with Crippen LogP contribution in [0, 0.1) is 0 Å². The summed E-state index contributed by atoms with van der Waals surface area (Å²) in [5.41, 5.74) is 1.23. The summed E-state index contributed by atoms with van der Waals surface area (Å²) in [6.07, 6.45) is 0.410. The maximum Gasteiger partial charge on any atom is 0.256 e. The van der Waals surface area contributed by atoms with Gasteiger partial charge >= 0.3 is 0 Å². The van der Waals surface area contributed by atoms with E-state index in [1.54, 1.807) is 13.2 Å². The molecule has 0 saturated carbocycles. The van der Waals surface area contributed by atoms with E-state index in [9.17, 15) is 9.90 Å². The van der Waals surface area contributed by atoms with Gasteiger partial charge in [-0.2, -0.15) is 0 Å². The predicted octanol–water partition coefficient (Wildman–Crippen LogP) is 1.95. The van der Waals surface area contributed by atoms with Crippen molar-refractivity contribution in [3.63, 3.8) is 0 Å². The number of aliphatic hydroxyl groups excluding tert-OH is 1. The lowest BCUT2D eigenvalue weighted by Crippen LogP contribution is -2.33. The van der Waals surface area contributed by atoms with Crippen molar-refractivity contribution < 1.29 is 14.6 Å². The van der Waals surface area contributed by atoms with Gasteiger partial charge in [-0.1, -0.05) is 18.7 Å². The molecule has 1 aliphatic heterocycles. The molecule has 0 unspecified atom stereocenters. The van der Waals surface area contributed by atoms with Gasteiger partial charge in [0.1, 0.15) is 11.5 Å². The predicted molar refractivity (Wildman–Crippen MR) is 73.0 cm³/mol. The third-order valence-electron chi connectivity index (χ3n) is 2.86. The van der Waals surface area contributed by atoms with Crippen LogP contribution in [-0.4, -0.2) is 24.7 Å². The lowest BCUT2D eigenvalue weighted by atomic mass is 10.1. The molecule has 0 spiro atoms. The molecule has 1 aliphatic rings. The zero-order chi connectivity index (χ0) is 13.8. The lowest BCUT2D eigenvalue weighted by molar-refractivity contribution is -0.117. The largest absolute Gasteiger partial charge is 0.511 e. The van der Waals surface area contributed by atoms with E-state index in [0.717, 1.165) is 0 Å². The van der Waals surface area contributed by atoms with Gasteiger partial charge in [0.2, 0.25) is 0 Å². The fourth-order valence-corrected chi connectivity index (χ4v) is 1.92. The Balaban J connectivity index is 2.24. The van der Waals surface area contributed by atoms with Gasteiger partial charge in [-0.15, -0.1) is 0 Å². The van der Waals surface area contributed by atoms with Crippen molar-refractivity contribution >= 4 is 11.6 Å². The summed E-state index contributed by atoms with van der Waals surface area (Å²) in [5.74, 6) is 0.368. The molecule has 100 valence electrons. The Hall–Kier alpha value is -2.43. The normalized spacial score (nSPS) is 14.9. The minimum absolute atomic E-state index is 0.0520.